The van der Waals surface area contributed by atoms with Gasteiger partial charge in [-0.3, -0.25) is 9.59 Å². The third-order valence-electron chi connectivity index (χ3n) is 6.66. The van der Waals surface area contributed by atoms with Gasteiger partial charge in [0, 0.05) is 12.8 Å². The molecule has 0 aliphatic carbocycles. The van der Waals surface area contributed by atoms with Crippen molar-refractivity contribution in [2.75, 3.05) is 13.2 Å². The summed E-state index contributed by atoms with van der Waals surface area (Å²) in [5, 5.41) is 19.3. The van der Waals surface area contributed by atoms with E-state index in [4.69, 9.17) is 9.47 Å². The van der Waals surface area contributed by atoms with Crippen LogP contribution in [0, 0.1) is 5.92 Å². The molecule has 0 saturated carbocycles. The summed E-state index contributed by atoms with van der Waals surface area (Å²) in [7, 11) is 0. The Labute approximate surface area is 251 Å². The molecule has 0 aromatic rings. The standard InChI is InChI=1S/C35H60O6/c1-4-5-19-25-32(37)26-21-16-11-9-7-6-8-10-12-17-22-27-34(38)40-30-33(29-36)41-35(39)28-23-18-14-13-15-20-24-31(2)3/h6-7,10-12,16,21,26,31-33,36-37H,4-5,8-9,13-15,17-20,22-25,27-30H2,1-3H3/b7-6-,12-10-,16-11-,26-21+/t32-,33+/m1/s1. The highest BCUT2D eigenvalue weighted by Gasteiger charge is 2.16. The minimum atomic E-state index is -0.804. The van der Waals surface area contributed by atoms with E-state index >= 15 is 0 Å². The van der Waals surface area contributed by atoms with Gasteiger partial charge in [-0.1, -0.05) is 127 Å². The second-order valence-corrected chi connectivity index (χ2v) is 11.2. The number of aliphatic hydroxyl groups excluding tert-OH is 2. The maximum atomic E-state index is 12.0. The molecule has 0 rings (SSSR count). The summed E-state index contributed by atoms with van der Waals surface area (Å²) < 4.78 is 10.5. The molecule has 0 spiro atoms. The van der Waals surface area contributed by atoms with Crippen molar-refractivity contribution in [3.05, 3.63) is 48.6 Å². The zero-order chi connectivity index (χ0) is 30.4. The molecular weight excluding hydrogens is 516 g/mol. The predicted octanol–water partition coefficient (Wildman–Crippen LogP) is 8.33. The first-order valence-electron chi connectivity index (χ1n) is 16.2. The summed E-state index contributed by atoms with van der Waals surface area (Å²) in [4.78, 5) is 24.0. The number of carbonyl (C=O) groups is 2. The van der Waals surface area contributed by atoms with Crippen LogP contribution in [0.1, 0.15) is 130 Å². The van der Waals surface area contributed by atoms with Crippen LogP contribution in [0.2, 0.25) is 0 Å². The number of aliphatic hydroxyl groups is 2. The number of rotatable bonds is 27. The van der Waals surface area contributed by atoms with E-state index in [9.17, 15) is 19.8 Å². The maximum Gasteiger partial charge on any atom is 0.306 e. The van der Waals surface area contributed by atoms with Gasteiger partial charge in [0.1, 0.15) is 6.61 Å². The van der Waals surface area contributed by atoms with E-state index in [-0.39, 0.29) is 37.7 Å². The van der Waals surface area contributed by atoms with Gasteiger partial charge in [-0.05, 0) is 44.4 Å². The van der Waals surface area contributed by atoms with Gasteiger partial charge in [-0.15, -0.1) is 0 Å². The summed E-state index contributed by atoms with van der Waals surface area (Å²) in [6, 6.07) is 0. The third-order valence-corrected chi connectivity index (χ3v) is 6.66. The number of esters is 2. The number of unbranched alkanes of at least 4 members (excludes halogenated alkanes) is 8. The van der Waals surface area contributed by atoms with Crippen LogP contribution < -0.4 is 0 Å². The number of allylic oxidation sites excluding steroid dienone is 7. The lowest BCUT2D eigenvalue weighted by molar-refractivity contribution is -0.161. The van der Waals surface area contributed by atoms with Crippen LogP contribution in [-0.2, 0) is 19.1 Å². The quantitative estimate of drug-likeness (QED) is 0.0442. The Balaban J connectivity index is 3.79. The summed E-state index contributed by atoms with van der Waals surface area (Å²) in [6.07, 6.45) is 30.8. The summed E-state index contributed by atoms with van der Waals surface area (Å²) in [5.41, 5.74) is 0. The molecule has 2 atom stereocenters. The summed E-state index contributed by atoms with van der Waals surface area (Å²) in [6.45, 7) is 6.18. The molecule has 0 saturated heterocycles. The van der Waals surface area contributed by atoms with Crippen LogP contribution in [0.3, 0.4) is 0 Å². The predicted molar refractivity (Wildman–Crippen MR) is 169 cm³/mol. The fourth-order valence-electron chi connectivity index (χ4n) is 4.13. The zero-order valence-corrected chi connectivity index (χ0v) is 26.3. The lowest BCUT2D eigenvalue weighted by Gasteiger charge is -2.15. The molecule has 0 fully saturated rings. The largest absolute Gasteiger partial charge is 0.462 e. The second kappa shape index (κ2) is 29.3. The molecule has 0 amide bonds. The molecule has 0 aromatic heterocycles. The highest BCUT2D eigenvalue weighted by Crippen LogP contribution is 2.12. The number of carbonyl (C=O) groups excluding carboxylic acids is 2. The first-order chi connectivity index (χ1) is 19.9. The minimum Gasteiger partial charge on any atom is -0.462 e. The Morgan fingerprint density at radius 2 is 1.37 bits per heavy atom. The molecule has 0 radical (unpaired) electrons. The van der Waals surface area contributed by atoms with E-state index < -0.39 is 6.10 Å². The number of hydrogen-bond acceptors (Lipinski definition) is 6. The fraction of sp³-hybridized carbons (Fsp3) is 0.714. The normalized spacial score (nSPS) is 13.7. The summed E-state index contributed by atoms with van der Waals surface area (Å²) in [5.74, 6) is 0.0678. The van der Waals surface area contributed by atoms with E-state index in [0.29, 0.717) is 12.8 Å². The molecule has 41 heavy (non-hydrogen) atoms. The van der Waals surface area contributed by atoms with E-state index in [2.05, 4.69) is 51.2 Å². The van der Waals surface area contributed by atoms with Crippen molar-refractivity contribution >= 4 is 11.9 Å². The first-order valence-corrected chi connectivity index (χ1v) is 16.2. The Kier molecular flexibility index (Phi) is 27.8. The average Bonchev–Trinajstić information content (AvgIpc) is 2.94. The van der Waals surface area contributed by atoms with Crippen molar-refractivity contribution in [3.8, 4) is 0 Å². The van der Waals surface area contributed by atoms with Gasteiger partial charge < -0.3 is 19.7 Å². The molecule has 0 aliphatic heterocycles. The van der Waals surface area contributed by atoms with Crippen LogP contribution in [0.5, 0.6) is 0 Å². The van der Waals surface area contributed by atoms with E-state index in [1.54, 1.807) is 0 Å². The first kappa shape index (κ1) is 38.8. The van der Waals surface area contributed by atoms with Crippen molar-refractivity contribution in [3.63, 3.8) is 0 Å². The van der Waals surface area contributed by atoms with Crippen molar-refractivity contribution in [2.24, 2.45) is 5.92 Å². The Bertz CT molecular complexity index is 737. The van der Waals surface area contributed by atoms with Gasteiger partial charge in [0.15, 0.2) is 6.10 Å². The molecule has 0 bridgehead atoms. The fourth-order valence-corrected chi connectivity index (χ4v) is 4.13. The van der Waals surface area contributed by atoms with Crippen molar-refractivity contribution < 1.29 is 29.3 Å². The average molecular weight is 577 g/mol. The molecule has 0 heterocycles. The van der Waals surface area contributed by atoms with Gasteiger partial charge in [0.2, 0.25) is 0 Å². The Hall–Kier alpha value is -2.18. The number of hydrogen-bond donors (Lipinski definition) is 2. The molecular formula is C35H60O6. The topological polar surface area (TPSA) is 93.1 Å². The molecule has 236 valence electrons. The molecule has 0 unspecified atom stereocenters. The zero-order valence-electron chi connectivity index (χ0n) is 26.3. The third kappa shape index (κ3) is 29.1. The molecule has 0 aromatic carbocycles. The van der Waals surface area contributed by atoms with Crippen molar-refractivity contribution in [1.29, 1.82) is 0 Å². The van der Waals surface area contributed by atoms with Crippen LogP contribution in [0.4, 0.5) is 0 Å². The second-order valence-electron chi connectivity index (χ2n) is 11.2. The van der Waals surface area contributed by atoms with Crippen LogP contribution >= 0.6 is 0 Å². The van der Waals surface area contributed by atoms with Crippen LogP contribution in [0.25, 0.3) is 0 Å². The monoisotopic (exact) mass is 576 g/mol. The van der Waals surface area contributed by atoms with E-state index in [0.717, 1.165) is 63.7 Å². The van der Waals surface area contributed by atoms with E-state index in [1.165, 1.54) is 32.1 Å². The highest BCUT2D eigenvalue weighted by molar-refractivity contribution is 5.70. The Morgan fingerprint density at radius 1 is 0.732 bits per heavy atom. The van der Waals surface area contributed by atoms with Gasteiger partial charge >= 0.3 is 11.9 Å². The van der Waals surface area contributed by atoms with Gasteiger partial charge in [0.05, 0.1) is 12.7 Å². The SMILES string of the molecule is CCCCC[C@@H](O)/C=C/C=C\C/C=C\C/C=C\CCCC(=O)OC[C@H](CO)OC(=O)CCCCCCCCC(C)C. The van der Waals surface area contributed by atoms with Crippen molar-refractivity contribution in [1.82, 2.24) is 0 Å². The molecule has 2 N–H and O–H groups in total. The molecule has 6 heteroatoms. The van der Waals surface area contributed by atoms with E-state index in [1.807, 2.05) is 18.2 Å². The molecule has 0 aliphatic rings. The molecule has 6 nitrogen and oxygen atoms in total. The minimum absolute atomic E-state index is 0.110. The van der Waals surface area contributed by atoms with Gasteiger partial charge in [-0.2, -0.15) is 0 Å². The highest BCUT2D eigenvalue weighted by atomic mass is 16.6. The summed E-state index contributed by atoms with van der Waals surface area (Å²) >= 11 is 0. The van der Waals surface area contributed by atoms with Crippen LogP contribution in [-0.4, -0.2) is 47.6 Å². The smallest absolute Gasteiger partial charge is 0.306 e. The Morgan fingerprint density at radius 3 is 2.07 bits per heavy atom. The maximum absolute atomic E-state index is 12.0. The van der Waals surface area contributed by atoms with Crippen molar-refractivity contribution in [2.45, 2.75) is 142 Å². The van der Waals surface area contributed by atoms with Gasteiger partial charge in [0.25, 0.3) is 0 Å². The lowest BCUT2D eigenvalue weighted by Crippen LogP contribution is -2.28. The lowest BCUT2D eigenvalue weighted by atomic mass is 10.0. The number of ether oxygens (including phenoxy) is 2. The van der Waals surface area contributed by atoms with Gasteiger partial charge in [-0.25, -0.2) is 0 Å². The van der Waals surface area contributed by atoms with Crippen LogP contribution in [0.15, 0.2) is 48.6 Å².